The van der Waals surface area contributed by atoms with Crippen molar-refractivity contribution in [2.45, 2.75) is 11.5 Å². The highest BCUT2D eigenvalue weighted by Gasteiger charge is 2.30. The van der Waals surface area contributed by atoms with Crippen molar-refractivity contribution in [3.05, 3.63) is 58.4 Å². The number of carbonyl (C=O) groups excluding carboxylic acids is 1. The van der Waals surface area contributed by atoms with E-state index in [-0.39, 0.29) is 38.5 Å². The van der Waals surface area contributed by atoms with Gasteiger partial charge in [-0.3, -0.25) is 0 Å². The van der Waals surface area contributed by atoms with Crippen LogP contribution in [0.4, 0.5) is 4.39 Å². The zero-order valence-electron chi connectivity index (χ0n) is 15.6. The maximum absolute atomic E-state index is 14.3. The van der Waals surface area contributed by atoms with E-state index in [2.05, 4.69) is 0 Å². The fourth-order valence-corrected chi connectivity index (χ4v) is 4.53. The Hall–Kier alpha value is -2.20. The highest BCUT2D eigenvalue weighted by Crippen LogP contribution is 2.25. The molecule has 3 rings (SSSR count). The van der Waals surface area contributed by atoms with Crippen LogP contribution in [0.25, 0.3) is 0 Å². The van der Waals surface area contributed by atoms with Crippen LogP contribution < -0.4 is 4.74 Å². The molecule has 0 amide bonds. The molecule has 2 aromatic carbocycles. The number of methoxy groups -OCH3 is 1. The first-order valence-corrected chi connectivity index (χ1v) is 10.5. The molecule has 156 valence electrons. The lowest BCUT2D eigenvalue weighted by Crippen LogP contribution is -2.41. The average Bonchev–Trinajstić information content (AvgIpc) is 2.73. The molecule has 1 aliphatic rings. The van der Waals surface area contributed by atoms with Crippen molar-refractivity contribution < 1.29 is 31.8 Å². The summed E-state index contributed by atoms with van der Waals surface area (Å²) in [5.41, 5.74) is 0.454. The number of hydrogen-bond acceptors (Lipinski definition) is 6. The molecule has 0 N–H and O–H groups in total. The molecule has 0 bridgehead atoms. The lowest BCUT2D eigenvalue weighted by atomic mass is 10.2. The first-order valence-electron chi connectivity index (χ1n) is 8.70. The maximum Gasteiger partial charge on any atom is 0.338 e. The number of benzene rings is 2. The molecular weight excluding hydrogens is 425 g/mol. The van der Waals surface area contributed by atoms with Gasteiger partial charge in [0.25, 0.3) is 0 Å². The number of nitrogens with zero attached hydrogens (tertiary/aromatic N) is 1. The minimum atomic E-state index is -4.10. The molecule has 7 nitrogen and oxygen atoms in total. The quantitative estimate of drug-likeness (QED) is 0.638. The molecular formula is C19H19ClFNO6S. The first kappa shape index (κ1) is 21.5. The number of halogens is 2. The van der Waals surface area contributed by atoms with Gasteiger partial charge in [-0.2, -0.15) is 4.31 Å². The molecule has 2 aromatic rings. The number of rotatable bonds is 6. The molecule has 1 heterocycles. The SMILES string of the molecule is COc1ccc(Cl)cc1COC(=O)c1ccc(F)c(S(=O)(=O)N2CCOCC2)c1. The summed E-state index contributed by atoms with van der Waals surface area (Å²) in [6, 6.07) is 7.95. The molecule has 0 aliphatic carbocycles. The number of sulfonamides is 1. The number of carbonyl (C=O) groups is 1. The van der Waals surface area contributed by atoms with Crippen LogP contribution in [-0.2, 0) is 26.1 Å². The van der Waals surface area contributed by atoms with E-state index >= 15 is 0 Å². The third-order valence-corrected chi connectivity index (χ3v) is 6.50. The van der Waals surface area contributed by atoms with Gasteiger partial charge >= 0.3 is 5.97 Å². The lowest BCUT2D eigenvalue weighted by molar-refractivity contribution is 0.0469. The zero-order valence-corrected chi connectivity index (χ0v) is 17.1. The summed E-state index contributed by atoms with van der Waals surface area (Å²) >= 11 is 5.95. The van der Waals surface area contributed by atoms with Crippen LogP contribution in [0.15, 0.2) is 41.3 Å². The second-order valence-electron chi connectivity index (χ2n) is 6.19. The van der Waals surface area contributed by atoms with Crippen LogP contribution in [0.3, 0.4) is 0 Å². The van der Waals surface area contributed by atoms with Gasteiger partial charge in [-0.1, -0.05) is 11.6 Å². The Balaban J connectivity index is 1.80. The van der Waals surface area contributed by atoms with Gasteiger partial charge in [-0.05, 0) is 36.4 Å². The van der Waals surface area contributed by atoms with Crippen LogP contribution in [0.1, 0.15) is 15.9 Å². The van der Waals surface area contributed by atoms with Crippen LogP contribution in [-0.4, -0.2) is 52.1 Å². The average molecular weight is 444 g/mol. The van der Waals surface area contributed by atoms with Crippen molar-refractivity contribution >= 4 is 27.6 Å². The minimum absolute atomic E-state index is 0.0840. The highest BCUT2D eigenvalue weighted by molar-refractivity contribution is 7.89. The van der Waals surface area contributed by atoms with Crippen molar-refractivity contribution in [1.29, 1.82) is 0 Å². The number of esters is 1. The van der Waals surface area contributed by atoms with Crippen molar-refractivity contribution in [1.82, 2.24) is 4.31 Å². The van der Waals surface area contributed by atoms with Crippen molar-refractivity contribution in [2.24, 2.45) is 0 Å². The molecule has 1 fully saturated rings. The molecule has 0 saturated carbocycles. The molecule has 0 unspecified atom stereocenters. The molecule has 1 saturated heterocycles. The van der Waals surface area contributed by atoms with Gasteiger partial charge < -0.3 is 14.2 Å². The van der Waals surface area contributed by atoms with E-state index in [9.17, 15) is 17.6 Å². The summed E-state index contributed by atoms with van der Waals surface area (Å²) in [6.45, 7) is 0.537. The maximum atomic E-state index is 14.3. The molecule has 1 aliphatic heterocycles. The van der Waals surface area contributed by atoms with Gasteiger partial charge in [0.1, 0.15) is 23.1 Å². The third kappa shape index (κ3) is 4.87. The molecule has 0 spiro atoms. The number of morpholine rings is 1. The Morgan fingerprint density at radius 1 is 1.21 bits per heavy atom. The van der Waals surface area contributed by atoms with E-state index in [0.29, 0.717) is 16.3 Å². The van der Waals surface area contributed by atoms with E-state index in [1.807, 2.05) is 0 Å². The Kier molecular flexibility index (Phi) is 6.74. The summed E-state index contributed by atoms with van der Waals surface area (Å²) < 4.78 is 56.4. The Morgan fingerprint density at radius 3 is 2.62 bits per heavy atom. The van der Waals surface area contributed by atoms with Crippen LogP contribution in [0, 0.1) is 5.82 Å². The smallest absolute Gasteiger partial charge is 0.338 e. The largest absolute Gasteiger partial charge is 0.496 e. The normalized spacial score (nSPS) is 15.1. The third-order valence-electron chi connectivity index (χ3n) is 4.36. The molecule has 10 heteroatoms. The second-order valence-corrected chi connectivity index (χ2v) is 8.54. The summed E-state index contributed by atoms with van der Waals surface area (Å²) in [5, 5.41) is 0.442. The van der Waals surface area contributed by atoms with Gasteiger partial charge in [-0.25, -0.2) is 17.6 Å². The standard InChI is InChI=1S/C19H19ClFNO6S/c1-26-17-5-3-15(20)10-14(17)12-28-19(23)13-2-4-16(21)18(11-13)29(24,25)22-6-8-27-9-7-22/h2-5,10-11H,6-9,12H2,1H3. The molecule has 29 heavy (non-hydrogen) atoms. The molecule has 0 atom stereocenters. The van der Waals surface area contributed by atoms with Gasteiger partial charge in [0, 0.05) is 23.7 Å². The van der Waals surface area contributed by atoms with E-state index in [1.54, 1.807) is 18.2 Å². The summed E-state index contributed by atoms with van der Waals surface area (Å²) in [7, 11) is -2.63. The second kappa shape index (κ2) is 9.08. The predicted molar refractivity (Wildman–Crippen MR) is 103 cm³/mol. The fourth-order valence-electron chi connectivity index (χ4n) is 2.84. The van der Waals surface area contributed by atoms with E-state index < -0.39 is 26.7 Å². The monoisotopic (exact) mass is 443 g/mol. The first-order chi connectivity index (χ1) is 13.8. The van der Waals surface area contributed by atoms with Crippen LogP contribution >= 0.6 is 11.6 Å². The van der Waals surface area contributed by atoms with Crippen LogP contribution in [0.5, 0.6) is 5.75 Å². The summed E-state index contributed by atoms with van der Waals surface area (Å²) in [5.74, 6) is -1.26. The molecule has 0 aromatic heterocycles. The topological polar surface area (TPSA) is 82.1 Å². The summed E-state index contributed by atoms with van der Waals surface area (Å²) in [4.78, 5) is 11.8. The van der Waals surface area contributed by atoms with E-state index in [1.165, 1.54) is 13.2 Å². The molecule has 0 radical (unpaired) electrons. The van der Waals surface area contributed by atoms with Crippen LogP contribution in [0.2, 0.25) is 5.02 Å². The Morgan fingerprint density at radius 2 is 1.93 bits per heavy atom. The minimum Gasteiger partial charge on any atom is -0.496 e. The predicted octanol–water partition coefficient (Wildman–Crippen LogP) is 2.87. The van der Waals surface area contributed by atoms with Crippen molar-refractivity contribution in [3.63, 3.8) is 0 Å². The fraction of sp³-hybridized carbons (Fsp3) is 0.316. The lowest BCUT2D eigenvalue weighted by Gasteiger charge is -2.26. The van der Waals surface area contributed by atoms with Gasteiger partial charge in [0.05, 0.1) is 25.9 Å². The van der Waals surface area contributed by atoms with Gasteiger partial charge in [0.15, 0.2) is 0 Å². The Labute approximate surface area is 173 Å². The number of ether oxygens (including phenoxy) is 3. The van der Waals surface area contributed by atoms with E-state index in [4.69, 9.17) is 25.8 Å². The van der Waals surface area contributed by atoms with E-state index in [0.717, 1.165) is 16.4 Å². The summed E-state index contributed by atoms with van der Waals surface area (Å²) in [6.07, 6.45) is 0. The zero-order chi connectivity index (χ0) is 21.0. The highest BCUT2D eigenvalue weighted by atomic mass is 35.5. The number of hydrogen-bond donors (Lipinski definition) is 0. The van der Waals surface area contributed by atoms with Crippen molar-refractivity contribution in [2.75, 3.05) is 33.4 Å². The van der Waals surface area contributed by atoms with Gasteiger partial charge in [-0.15, -0.1) is 0 Å². The van der Waals surface area contributed by atoms with Gasteiger partial charge in [0.2, 0.25) is 10.0 Å². The Bertz CT molecular complexity index is 1010. The van der Waals surface area contributed by atoms with Crippen molar-refractivity contribution in [3.8, 4) is 5.75 Å².